The van der Waals surface area contributed by atoms with Crippen LogP contribution in [0.5, 0.6) is 0 Å². The second-order valence-corrected chi connectivity index (χ2v) is 5.64. The van der Waals surface area contributed by atoms with Crippen LogP contribution in [-0.2, 0) is 13.0 Å². The van der Waals surface area contributed by atoms with Gasteiger partial charge < -0.3 is 4.42 Å². The van der Waals surface area contributed by atoms with Gasteiger partial charge in [0.05, 0.1) is 5.52 Å². The van der Waals surface area contributed by atoms with Crippen molar-refractivity contribution in [1.29, 1.82) is 0 Å². The topological polar surface area (TPSA) is 38.4 Å². The van der Waals surface area contributed by atoms with Gasteiger partial charge in [-0.1, -0.05) is 26.0 Å². The number of para-hydroxylation sites is 1. The Bertz CT molecular complexity index is 650. The molecule has 1 aliphatic heterocycles. The molecule has 0 amide bonds. The highest BCUT2D eigenvalue weighted by atomic mass is 16.4. The Labute approximate surface area is 119 Å². The highest BCUT2D eigenvalue weighted by Gasteiger charge is 2.27. The Balaban J connectivity index is 1.97. The maximum Gasteiger partial charge on any atom is 0.420 e. The van der Waals surface area contributed by atoms with Crippen molar-refractivity contribution in [2.24, 2.45) is 0 Å². The lowest BCUT2D eigenvalue weighted by atomic mass is 9.99. The maximum atomic E-state index is 12.0. The van der Waals surface area contributed by atoms with E-state index in [-0.39, 0.29) is 5.76 Å². The Morgan fingerprint density at radius 3 is 2.75 bits per heavy atom. The first-order valence-corrected chi connectivity index (χ1v) is 7.59. The molecule has 0 bridgehead atoms. The Morgan fingerprint density at radius 2 is 2.05 bits per heavy atom. The third kappa shape index (κ3) is 2.18. The Hall–Kier alpha value is -1.55. The van der Waals surface area contributed by atoms with Crippen molar-refractivity contribution >= 4 is 11.1 Å². The number of rotatable bonds is 5. The molecule has 1 atom stereocenters. The summed E-state index contributed by atoms with van der Waals surface area (Å²) < 4.78 is 7.16. The largest absolute Gasteiger partial charge is 0.420 e. The lowest BCUT2D eigenvalue weighted by Crippen LogP contribution is -2.44. The molecule has 1 aromatic carbocycles. The third-order valence-electron chi connectivity index (χ3n) is 4.16. The van der Waals surface area contributed by atoms with Crippen molar-refractivity contribution in [2.75, 3.05) is 13.1 Å². The molecule has 1 aromatic heterocycles. The SMILES string of the molecule is CCCN(CCC)C1Cc2cccc3oc(=O)n(c23)C1. The van der Waals surface area contributed by atoms with E-state index in [2.05, 4.69) is 24.8 Å². The molecule has 20 heavy (non-hydrogen) atoms. The molecule has 0 fully saturated rings. The second-order valence-electron chi connectivity index (χ2n) is 5.64. The summed E-state index contributed by atoms with van der Waals surface area (Å²) >= 11 is 0. The summed E-state index contributed by atoms with van der Waals surface area (Å²) in [5, 5.41) is 0. The maximum absolute atomic E-state index is 12.0. The summed E-state index contributed by atoms with van der Waals surface area (Å²) in [5.41, 5.74) is 2.96. The number of aromatic nitrogens is 1. The molecule has 0 saturated carbocycles. The first-order chi connectivity index (χ1) is 9.74. The van der Waals surface area contributed by atoms with Crippen LogP contribution < -0.4 is 5.76 Å². The quantitative estimate of drug-likeness (QED) is 0.841. The summed E-state index contributed by atoms with van der Waals surface area (Å²) in [6.07, 6.45) is 3.30. The van der Waals surface area contributed by atoms with Crippen LogP contribution in [-0.4, -0.2) is 28.6 Å². The van der Waals surface area contributed by atoms with Crippen molar-refractivity contribution in [1.82, 2.24) is 9.47 Å². The van der Waals surface area contributed by atoms with E-state index in [1.165, 1.54) is 5.56 Å². The molecule has 3 rings (SSSR count). The van der Waals surface area contributed by atoms with E-state index in [4.69, 9.17) is 4.42 Å². The minimum atomic E-state index is -0.218. The molecule has 1 unspecified atom stereocenters. The van der Waals surface area contributed by atoms with Crippen LogP contribution in [0.2, 0.25) is 0 Å². The van der Waals surface area contributed by atoms with Crippen molar-refractivity contribution in [2.45, 2.75) is 45.7 Å². The number of hydrogen-bond acceptors (Lipinski definition) is 3. The zero-order valence-electron chi connectivity index (χ0n) is 12.3. The van der Waals surface area contributed by atoms with E-state index < -0.39 is 0 Å². The summed E-state index contributed by atoms with van der Waals surface area (Å²) in [5.74, 6) is -0.218. The molecule has 0 spiro atoms. The van der Waals surface area contributed by atoms with Gasteiger partial charge in [-0.2, -0.15) is 0 Å². The van der Waals surface area contributed by atoms with E-state index in [1.54, 1.807) is 0 Å². The minimum absolute atomic E-state index is 0.218. The van der Waals surface area contributed by atoms with Gasteiger partial charge in [-0.15, -0.1) is 0 Å². The monoisotopic (exact) mass is 274 g/mol. The number of oxazole rings is 1. The Morgan fingerprint density at radius 1 is 1.30 bits per heavy atom. The molecular formula is C16H22N2O2. The van der Waals surface area contributed by atoms with Crippen LogP contribution in [0, 0.1) is 0 Å². The fourth-order valence-corrected chi connectivity index (χ4v) is 3.35. The number of benzene rings is 1. The normalized spacial score (nSPS) is 18.1. The fourth-order valence-electron chi connectivity index (χ4n) is 3.35. The first kappa shape index (κ1) is 13.4. The summed E-state index contributed by atoms with van der Waals surface area (Å²) in [6, 6.07) is 6.39. The van der Waals surface area contributed by atoms with Crippen LogP contribution >= 0.6 is 0 Å². The van der Waals surface area contributed by atoms with Gasteiger partial charge >= 0.3 is 5.76 Å². The van der Waals surface area contributed by atoms with Crippen LogP contribution in [0.4, 0.5) is 0 Å². The second kappa shape index (κ2) is 5.44. The fraction of sp³-hybridized carbons (Fsp3) is 0.562. The van der Waals surface area contributed by atoms with Gasteiger partial charge in [0, 0.05) is 12.6 Å². The van der Waals surface area contributed by atoms with E-state index in [9.17, 15) is 4.79 Å². The molecule has 4 nitrogen and oxygen atoms in total. The summed E-state index contributed by atoms with van der Waals surface area (Å²) in [4.78, 5) is 14.5. The molecule has 1 aliphatic rings. The van der Waals surface area contributed by atoms with E-state index in [0.29, 0.717) is 6.04 Å². The number of hydrogen-bond donors (Lipinski definition) is 0. The van der Waals surface area contributed by atoms with E-state index in [1.807, 2.05) is 16.7 Å². The van der Waals surface area contributed by atoms with Crippen LogP contribution in [0.1, 0.15) is 32.3 Å². The molecule has 2 heterocycles. The zero-order chi connectivity index (χ0) is 14.1. The molecular weight excluding hydrogens is 252 g/mol. The predicted octanol–water partition coefficient (Wildman–Crippen LogP) is 2.64. The van der Waals surface area contributed by atoms with Crippen molar-refractivity contribution in [3.63, 3.8) is 0 Å². The van der Waals surface area contributed by atoms with Gasteiger partial charge in [0.2, 0.25) is 0 Å². The first-order valence-electron chi connectivity index (χ1n) is 7.59. The zero-order valence-corrected chi connectivity index (χ0v) is 12.3. The summed E-state index contributed by atoms with van der Waals surface area (Å²) in [7, 11) is 0. The van der Waals surface area contributed by atoms with Gasteiger partial charge in [0.25, 0.3) is 0 Å². The minimum Gasteiger partial charge on any atom is -0.408 e. The molecule has 108 valence electrons. The third-order valence-corrected chi connectivity index (χ3v) is 4.16. The smallest absolute Gasteiger partial charge is 0.408 e. The standard InChI is InChI=1S/C16H22N2O2/c1-3-8-17(9-4-2)13-10-12-6-5-7-14-15(12)18(11-13)16(19)20-14/h5-7,13H,3-4,8-11H2,1-2H3. The van der Waals surface area contributed by atoms with Crippen molar-refractivity contribution in [3.05, 3.63) is 34.3 Å². The van der Waals surface area contributed by atoms with Crippen LogP contribution in [0.15, 0.2) is 27.4 Å². The molecule has 2 aromatic rings. The van der Waals surface area contributed by atoms with E-state index in [0.717, 1.165) is 50.0 Å². The molecule has 0 radical (unpaired) electrons. The summed E-state index contributed by atoms with van der Waals surface area (Å²) in [6.45, 7) is 7.36. The average molecular weight is 274 g/mol. The number of nitrogens with zero attached hydrogens (tertiary/aromatic N) is 2. The average Bonchev–Trinajstić information content (AvgIpc) is 2.77. The van der Waals surface area contributed by atoms with Crippen molar-refractivity contribution < 1.29 is 4.42 Å². The van der Waals surface area contributed by atoms with Gasteiger partial charge in [-0.05, 0) is 44.0 Å². The van der Waals surface area contributed by atoms with Gasteiger partial charge in [0.15, 0.2) is 5.58 Å². The highest BCUT2D eigenvalue weighted by Crippen LogP contribution is 2.26. The van der Waals surface area contributed by atoms with Gasteiger partial charge in [0.1, 0.15) is 0 Å². The van der Waals surface area contributed by atoms with Crippen molar-refractivity contribution in [3.8, 4) is 0 Å². The molecule has 0 aliphatic carbocycles. The molecule has 4 heteroatoms. The molecule has 0 saturated heterocycles. The predicted molar refractivity (Wildman–Crippen MR) is 80.1 cm³/mol. The van der Waals surface area contributed by atoms with E-state index >= 15 is 0 Å². The Kier molecular flexibility index (Phi) is 3.66. The molecule has 0 N–H and O–H groups in total. The highest BCUT2D eigenvalue weighted by molar-refractivity contribution is 5.77. The van der Waals surface area contributed by atoms with Gasteiger partial charge in [-0.25, -0.2) is 4.79 Å². The van der Waals surface area contributed by atoms with Crippen LogP contribution in [0.3, 0.4) is 0 Å². The van der Waals surface area contributed by atoms with Gasteiger partial charge in [-0.3, -0.25) is 9.47 Å². The van der Waals surface area contributed by atoms with Crippen LogP contribution in [0.25, 0.3) is 11.1 Å². The lowest BCUT2D eigenvalue weighted by Gasteiger charge is -2.34. The lowest BCUT2D eigenvalue weighted by molar-refractivity contribution is 0.171.